The average Bonchev–Trinajstić information content (AvgIpc) is 2.85. The summed E-state index contributed by atoms with van der Waals surface area (Å²) in [7, 11) is -4.33. The summed E-state index contributed by atoms with van der Waals surface area (Å²) in [4.78, 5) is 10.9. The highest BCUT2D eigenvalue weighted by Crippen LogP contribution is 2.32. The SMILES string of the molecule is NC(=O)c1oc2ccccc2c1NS(=O)(=O)c1ccc(Cl)cc1F. The van der Waals surface area contributed by atoms with Crippen molar-refractivity contribution in [3.05, 3.63) is 59.1 Å². The van der Waals surface area contributed by atoms with E-state index in [1.165, 1.54) is 6.07 Å². The predicted octanol–water partition coefficient (Wildman–Crippen LogP) is 3.13. The number of carbonyl (C=O) groups excluding carboxylic acids is 1. The molecule has 3 N–H and O–H groups in total. The van der Waals surface area contributed by atoms with Crippen LogP contribution in [-0.2, 0) is 10.0 Å². The molecule has 2 aromatic carbocycles. The third-order valence-corrected chi connectivity index (χ3v) is 4.86. The fraction of sp³-hybridized carbons (Fsp3) is 0. The molecule has 6 nitrogen and oxygen atoms in total. The van der Waals surface area contributed by atoms with Gasteiger partial charge in [0.05, 0.1) is 0 Å². The van der Waals surface area contributed by atoms with Crippen LogP contribution in [0.3, 0.4) is 0 Å². The standard InChI is InChI=1S/C15H10ClFN2O4S/c16-8-5-6-12(10(17)7-8)24(21,22)19-13-9-3-1-2-4-11(9)23-14(13)15(18)20/h1-7,19H,(H2,18,20). The van der Waals surface area contributed by atoms with Gasteiger partial charge < -0.3 is 10.2 Å². The van der Waals surface area contributed by atoms with Crippen molar-refractivity contribution in [3.8, 4) is 0 Å². The molecule has 0 aliphatic rings. The molecule has 0 bridgehead atoms. The number of nitrogens with two attached hydrogens (primary N) is 1. The van der Waals surface area contributed by atoms with E-state index >= 15 is 0 Å². The number of hydrogen-bond donors (Lipinski definition) is 2. The number of halogens is 2. The van der Waals surface area contributed by atoms with Crippen LogP contribution in [-0.4, -0.2) is 14.3 Å². The molecule has 0 spiro atoms. The second-order valence-corrected chi connectivity index (χ2v) is 6.93. The molecular weight excluding hydrogens is 359 g/mol. The summed E-state index contributed by atoms with van der Waals surface area (Å²) in [5.74, 6) is -2.35. The first-order valence-corrected chi connectivity index (χ1v) is 8.45. The molecule has 0 aliphatic carbocycles. The Labute approximate surface area is 141 Å². The number of para-hydroxylation sites is 1. The van der Waals surface area contributed by atoms with E-state index in [0.29, 0.717) is 5.39 Å². The van der Waals surface area contributed by atoms with E-state index in [1.807, 2.05) is 0 Å². The van der Waals surface area contributed by atoms with E-state index in [2.05, 4.69) is 4.72 Å². The maximum absolute atomic E-state index is 13.9. The maximum Gasteiger partial charge on any atom is 0.286 e. The zero-order valence-electron chi connectivity index (χ0n) is 11.9. The van der Waals surface area contributed by atoms with Crippen LogP contribution < -0.4 is 10.5 Å². The number of primary amides is 1. The first kappa shape index (κ1) is 16.3. The molecule has 9 heteroatoms. The van der Waals surface area contributed by atoms with Gasteiger partial charge in [0.1, 0.15) is 22.0 Å². The molecule has 24 heavy (non-hydrogen) atoms. The number of furan rings is 1. The fourth-order valence-corrected chi connectivity index (χ4v) is 3.51. The zero-order chi connectivity index (χ0) is 17.5. The van der Waals surface area contributed by atoms with E-state index in [4.69, 9.17) is 21.8 Å². The molecule has 1 amide bonds. The lowest BCUT2D eigenvalue weighted by Crippen LogP contribution is -2.18. The zero-order valence-corrected chi connectivity index (χ0v) is 13.5. The number of benzene rings is 2. The third kappa shape index (κ3) is 2.81. The van der Waals surface area contributed by atoms with Gasteiger partial charge in [0.15, 0.2) is 0 Å². The first-order chi connectivity index (χ1) is 11.3. The predicted molar refractivity (Wildman–Crippen MR) is 87.0 cm³/mol. The normalized spacial score (nSPS) is 11.6. The molecular formula is C15H10ClFN2O4S. The monoisotopic (exact) mass is 368 g/mol. The highest BCUT2D eigenvalue weighted by molar-refractivity contribution is 7.92. The summed E-state index contributed by atoms with van der Waals surface area (Å²) in [6.07, 6.45) is 0. The molecule has 1 aromatic heterocycles. The molecule has 0 unspecified atom stereocenters. The van der Waals surface area contributed by atoms with Crippen LogP contribution in [0.1, 0.15) is 10.6 Å². The van der Waals surface area contributed by atoms with E-state index in [1.54, 1.807) is 24.3 Å². The fourth-order valence-electron chi connectivity index (χ4n) is 2.20. The van der Waals surface area contributed by atoms with Gasteiger partial charge in [0.25, 0.3) is 15.9 Å². The minimum atomic E-state index is -4.33. The Kier molecular flexibility index (Phi) is 3.94. The largest absolute Gasteiger partial charge is 0.449 e. The van der Waals surface area contributed by atoms with Crippen molar-refractivity contribution in [1.82, 2.24) is 0 Å². The van der Waals surface area contributed by atoms with Gasteiger partial charge in [0, 0.05) is 10.4 Å². The third-order valence-electron chi connectivity index (χ3n) is 3.24. The van der Waals surface area contributed by atoms with Gasteiger partial charge in [-0.2, -0.15) is 0 Å². The minimum absolute atomic E-state index is 0.0537. The van der Waals surface area contributed by atoms with Gasteiger partial charge in [-0.15, -0.1) is 0 Å². The summed E-state index contributed by atoms with van der Waals surface area (Å²) >= 11 is 5.62. The number of rotatable bonds is 4. The van der Waals surface area contributed by atoms with Crippen LogP contribution in [0.25, 0.3) is 11.0 Å². The van der Waals surface area contributed by atoms with E-state index < -0.39 is 26.6 Å². The Morgan fingerprint density at radius 3 is 2.58 bits per heavy atom. The number of amides is 1. The van der Waals surface area contributed by atoms with Gasteiger partial charge in [-0.3, -0.25) is 9.52 Å². The number of sulfonamides is 1. The lowest BCUT2D eigenvalue weighted by Gasteiger charge is -2.09. The maximum atomic E-state index is 13.9. The van der Waals surface area contributed by atoms with Gasteiger partial charge in [-0.1, -0.05) is 23.7 Å². The quantitative estimate of drug-likeness (QED) is 0.738. The van der Waals surface area contributed by atoms with Crippen molar-refractivity contribution in [2.75, 3.05) is 4.72 Å². The average molecular weight is 369 g/mol. The van der Waals surface area contributed by atoms with Gasteiger partial charge >= 0.3 is 0 Å². The van der Waals surface area contributed by atoms with Crippen molar-refractivity contribution < 1.29 is 22.0 Å². The summed E-state index contributed by atoms with van der Waals surface area (Å²) in [6, 6.07) is 9.49. The smallest absolute Gasteiger partial charge is 0.286 e. The lowest BCUT2D eigenvalue weighted by atomic mass is 10.2. The van der Waals surface area contributed by atoms with E-state index in [9.17, 15) is 17.6 Å². The Bertz CT molecular complexity index is 1060. The molecule has 124 valence electrons. The van der Waals surface area contributed by atoms with Crippen LogP contribution >= 0.6 is 11.6 Å². The van der Waals surface area contributed by atoms with Crippen LogP contribution in [0, 0.1) is 5.82 Å². The number of carbonyl (C=O) groups is 1. The van der Waals surface area contributed by atoms with Gasteiger partial charge in [-0.25, -0.2) is 12.8 Å². The number of fused-ring (bicyclic) bond motifs is 1. The molecule has 0 aliphatic heterocycles. The highest BCUT2D eigenvalue weighted by atomic mass is 35.5. The van der Waals surface area contributed by atoms with Crippen molar-refractivity contribution in [3.63, 3.8) is 0 Å². The van der Waals surface area contributed by atoms with Crippen molar-refractivity contribution in [2.45, 2.75) is 4.90 Å². The molecule has 0 atom stereocenters. The van der Waals surface area contributed by atoms with Crippen molar-refractivity contribution >= 4 is 44.2 Å². The lowest BCUT2D eigenvalue weighted by molar-refractivity contribution is 0.0977. The first-order valence-electron chi connectivity index (χ1n) is 6.59. The molecule has 0 radical (unpaired) electrons. The Morgan fingerprint density at radius 2 is 1.92 bits per heavy atom. The summed E-state index contributed by atoms with van der Waals surface area (Å²) in [6.45, 7) is 0. The molecule has 0 saturated carbocycles. The summed E-state index contributed by atoms with van der Waals surface area (Å²) < 4.78 is 46.3. The van der Waals surface area contributed by atoms with E-state index in [0.717, 1.165) is 12.1 Å². The van der Waals surface area contributed by atoms with Crippen LogP contribution in [0.4, 0.5) is 10.1 Å². The highest BCUT2D eigenvalue weighted by Gasteiger charge is 2.26. The Balaban J connectivity index is 2.15. The topological polar surface area (TPSA) is 102 Å². The Hall–Kier alpha value is -2.58. The molecule has 3 aromatic rings. The second kappa shape index (κ2) is 5.81. The minimum Gasteiger partial charge on any atom is -0.449 e. The summed E-state index contributed by atoms with van der Waals surface area (Å²) in [5.41, 5.74) is 5.35. The second-order valence-electron chi connectivity index (χ2n) is 4.85. The van der Waals surface area contributed by atoms with Crippen molar-refractivity contribution in [1.29, 1.82) is 0 Å². The molecule has 3 rings (SSSR count). The van der Waals surface area contributed by atoms with E-state index in [-0.39, 0.29) is 22.1 Å². The Morgan fingerprint density at radius 1 is 1.21 bits per heavy atom. The molecule has 0 fully saturated rings. The summed E-state index contributed by atoms with van der Waals surface area (Å²) in [5, 5.41) is 0.377. The van der Waals surface area contributed by atoms with Crippen LogP contribution in [0.15, 0.2) is 51.8 Å². The number of hydrogen-bond acceptors (Lipinski definition) is 4. The van der Waals surface area contributed by atoms with Crippen LogP contribution in [0.2, 0.25) is 5.02 Å². The van der Waals surface area contributed by atoms with Crippen LogP contribution in [0.5, 0.6) is 0 Å². The van der Waals surface area contributed by atoms with Crippen molar-refractivity contribution in [2.24, 2.45) is 5.73 Å². The number of nitrogens with one attached hydrogen (secondary N) is 1. The number of anilines is 1. The van der Waals surface area contributed by atoms with Gasteiger partial charge in [-0.05, 0) is 30.3 Å². The van der Waals surface area contributed by atoms with Gasteiger partial charge in [0.2, 0.25) is 5.76 Å². The molecule has 0 saturated heterocycles. The molecule has 1 heterocycles.